The Bertz CT molecular complexity index is 704. The van der Waals surface area contributed by atoms with E-state index in [1.807, 2.05) is 0 Å². The van der Waals surface area contributed by atoms with Gasteiger partial charge in [-0.1, -0.05) is 33.6 Å². The summed E-state index contributed by atoms with van der Waals surface area (Å²) < 4.78 is 12.5. The van der Waals surface area contributed by atoms with Gasteiger partial charge in [0.15, 0.2) is 0 Å². The maximum absolute atomic E-state index is 13.7. The van der Waals surface area contributed by atoms with Crippen molar-refractivity contribution in [1.29, 1.82) is 0 Å². The molecule has 0 aromatic heterocycles. The molecule has 3 rings (SSSR count). The second-order valence-electron chi connectivity index (χ2n) is 14.7. The van der Waals surface area contributed by atoms with E-state index in [2.05, 4.69) is 79.5 Å². The van der Waals surface area contributed by atoms with Crippen LogP contribution in [0.5, 0.6) is 0 Å². The number of carbonyl (C=O) groups excluding carboxylic acids is 1. The summed E-state index contributed by atoms with van der Waals surface area (Å²) in [6, 6.07) is 0. The Morgan fingerprint density at radius 2 is 1.53 bits per heavy atom. The second kappa shape index (κ2) is 9.70. The van der Waals surface area contributed by atoms with E-state index in [4.69, 9.17) is 9.31 Å². The zero-order chi connectivity index (χ0) is 25.6. The fourth-order valence-corrected chi connectivity index (χ4v) is 6.03. The van der Waals surface area contributed by atoms with E-state index in [0.717, 1.165) is 45.2 Å². The smallest absolute Gasteiger partial charge is 0.403 e. The number of carbonyl (C=O) groups is 1. The molecule has 2 aliphatic heterocycles. The van der Waals surface area contributed by atoms with Gasteiger partial charge < -0.3 is 19.5 Å². The number of hydrogen-bond acceptors (Lipinski definition) is 4. The van der Waals surface area contributed by atoms with Crippen molar-refractivity contribution in [3.63, 3.8) is 0 Å². The maximum Gasteiger partial charge on any atom is 0.457 e. The predicted molar refractivity (Wildman–Crippen MR) is 142 cm³/mol. The van der Waals surface area contributed by atoms with Crippen molar-refractivity contribution < 1.29 is 14.1 Å². The molecule has 1 saturated carbocycles. The van der Waals surface area contributed by atoms with Gasteiger partial charge >= 0.3 is 7.12 Å². The normalized spacial score (nSPS) is 33.6. The molecule has 6 heteroatoms. The SMILES string of the molecule is CC1(C)CCN(C[C@@H]2CC[C@@H](CCB3OC(C)(C)C(C)(C)O3)C[C@]2(C)C(=O)NC(C)(C)C)CC1. The summed E-state index contributed by atoms with van der Waals surface area (Å²) in [5, 5.41) is 3.34. The van der Waals surface area contributed by atoms with Gasteiger partial charge in [0.2, 0.25) is 5.91 Å². The zero-order valence-corrected chi connectivity index (χ0v) is 24.0. The van der Waals surface area contributed by atoms with Gasteiger partial charge in [-0.25, -0.2) is 0 Å². The van der Waals surface area contributed by atoms with Gasteiger partial charge in [-0.15, -0.1) is 0 Å². The predicted octanol–water partition coefficient (Wildman–Crippen LogP) is 5.93. The Labute approximate surface area is 210 Å². The summed E-state index contributed by atoms with van der Waals surface area (Å²) in [7, 11) is -0.144. The quantitative estimate of drug-likeness (QED) is 0.483. The molecular weight excluding hydrogens is 423 g/mol. The monoisotopic (exact) mass is 476 g/mol. The molecule has 0 unspecified atom stereocenters. The van der Waals surface area contributed by atoms with Crippen LogP contribution >= 0.6 is 0 Å². The van der Waals surface area contributed by atoms with Crippen molar-refractivity contribution in [2.75, 3.05) is 19.6 Å². The minimum atomic E-state index is -0.334. The van der Waals surface area contributed by atoms with Crippen LogP contribution in [0.1, 0.15) is 108 Å². The van der Waals surface area contributed by atoms with Gasteiger partial charge in [-0.3, -0.25) is 4.79 Å². The first-order valence-electron chi connectivity index (χ1n) is 13.8. The van der Waals surface area contributed by atoms with E-state index in [1.165, 1.54) is 19.3 Å². The van der Waals surface area contributed by atoms with Gasteiger partial charge in [0.25, 0.3) is 0 Å². The molecule has 3 aliphatic rings. The molecular formula is C28H53BN2O3. The van der Waals surface area contributed by atoms with Crippen LogP contribution in [0.3, 0.4) is 0 Å². The Balaban J connectivity index is 1.65. The molecule has 196 valence electrons. The maximum atomic E-state index is 13.7. The number of nitrogens with zero attached hydrogens (tertiary/aromatic N) is 1. The number of amides is 1. The van der Waals surface area contributed by atoms with Crippen LogP contribution in [0.15, 0.2) is 0 Å². The molecule has 34 heavy (non-hydrogen) atoms. The van der Waals surface area contributed by atoms with Gasteiger partial charge in [0, 0.05) is 12.1 Å². The molecule has 0 radical (unpaired) electrons. The third kappa shape index (κ3) is 6.59. The summed E-state index contributed by atoms with van der Waals surface area (Å²) in [6.45, 7) is 25.1. The lowest BCUT2D eigenvalue weighted by molar-refractivity contribution is -0.139. The highest BCUT2D eigenvalue weighted by Crippen LogP contribution is 2.47. The van der Waals surface area contributed by atoms with E-state index >= 15 is 0 Å². The number of hydrogen-bond donors (Lipinski definition) is 1. The number of rotatable bonds is 6. The molecule has 0 aromatic carbocycles. The first kappa shape index (κ1) is 28.0. The van der Waals surface area contributed by atoms with E-state index in [9.17, 15) is 4.79 Å². The Hall–Kier alpha value is -0.585. The number of piperidine rings is 1. The van der Waals surface area contributed by atoms with Crippen molar-refractivity contribution in [2.45, 2.75) is 131 Å². The molecule has 0 spiro atoms. The van der Waals surface area contributed by atoms with E-state index < -0.39 is 0 Å². The molecule has 2 heterocycles. The molecule has 2 saturated heterocycles. The van der Waals surface area contributed by atoms with E-state index in [1.54, 1.807) is 0 Å². The van der Waals surface area contributed by atoms with Crippen molar-refractivity contribution in [3.05, 3.63) is 0 Å². The first-order valence-corrected chi connectivity index (χ1v) is 13.8. The van der Waals surface area contributed by atoms with Crippen LogP contribution < -0.4 is 5.32 Å². The van der Waals surface area contributed by atoms with Crippen molar-refractivity contribution in [2.24, 2.45) is 22.7 Å². The van der Waals surface area contributed by atoms with Crippen molar-refractivity contribution in [1.82, 2.24) is 10.2 Å². The Kier molecular flexibility index (Phi) is 7.99. The number of nitrogens with one attached hydrogen (secondary N) is 1. The van der Waals surface area contributed by atoms with Crippen LogP contribution in [0.2, 0.25) is 6.32 Å². The van der Waals surface area contributed by atoms with E-state index in [-0.39, 0.29) is 35.2 Å². The average Bonchev–Trinajstić information content (AvgIpc) is 2.89. The third-order valence-corrected chi connectivity index (χ3v) is 9.35. The highest BCUT2D eigenvalue weighted by molar-refractivity contribution is 6.45. The largest absolute Gasteiger partial charge is 0.457 e. The topological polar surface area (TPSA) is 50.8 Å². The molecule has 1 N–H and O–H groups in total. The van der Waals surface area contributed by atoms with Crippen LogP contribution in [0, 0.1) is 22.7 Å². The average molecular weight is 477 g/mol. The summed E-state index contributed by atoms with van der Waals surface area (Å²) in [5.74, 6) is 1.18. The van der Waals surface area contributed by atoms with Gasteiger partial charge in [-0.05, 0) is 111 Å². The third-order valence-electron chi connectivity index (χ3n) is 9.35. The molecule has 1 aliphatic carbocycles. The molecule has 3 atom stereocenters. The van der Waals surface area contributed by atoms with Crippen LogP contribution in [-0.4, -0.2) is 54.3 Å². The fourth-order valence-electron chi connectivity index (χ4n) is 6.03. The van der Waals surface area contributed by atoms with Crippen LogP contribution in [0.4, 0.5) is 0 Å². The zero-order valence-electron chi connectivity index (χ0n) is 24.0. The number of likely N-dealkylation sites (tertiary alicyclic amines) is 1. The standard InChI is InChI=1S/C28H53BN2O3/c1-24(2,3)30-23(32)28(10)19-21(13-16-29-33-26(6,7)27(8,9)34-29)11-12-22(28)20-31-17-14-25(4,5)15-18-31/h21-22H,11-20H2,1-10H3,(H,30,32)/t21-,22-,28-/m0/s1. The first-order chi connectivity index (χ1) is 15.4. The minimum absolute atomic E-state index is 0.144. The van der Waals surface area contributed by atoms with Crippen LogP contribution in [0.25, 0.3) is 0 Å². The van der Waals surface area contributed by atoms with E-state index in [0.29, 0.717) is 17.3 Å². The molecule has 5 nitrogen and oxygen atoms in total. The van der Waals surface area contributed by atoms with Gasteiger partial charge in [0.05, 0.1) is 16.6 Å². The van der Waals surface area contributed by atoms with Crippen molar-refractivity contribution >= 4 is 13.0 Å². The van der Waals surface area contributed by atoms with Crippen molar-refractivity contribution in [3.8, 4) is 0 Å². The summed E-state index contributed by atoms with van der Waals surface area (Å²) in [5.41, 5.74) is -0.651. The molecule has 3 fully saturated rings. The lowest BCUT2D eigenvalue weighted by Crippen LogP contribution is -2.55. The van der Waals surface area contributed by atoms with Gasteiger partial charge in [0.1, 0.15) is 0 Å². The molecule has 0 aromatic rings. The second-order valence-corrected chi connectivity index (χ2v) is 14.7. The molecule has 0 bridgehead atoms. The lowest BCUT2D eigenvalue weighted by Gasteiger charge is -2.47. The summed E-state index contributed by atoms with van der Waals surface area (Å²) in [6.07, 6.45) is 7.74. The fraction of sp³-hybridized carbons (Fsp3) is 0.964. The molecule has 1 amide bonds. The highest BCUT2D eigenvalue weighted by atomic mass is 16.7. The Morgan fingerprint density at radius 3 is 2.06 bits per heavy atom. The summed E-state index contributed by atoms with van der Waals surface area (Å²) in [4.78, 5) is 16.3. The van der Waals surface area contributed by atoms with Gasteiger partial charge in [-0.2, -0.15) is 0 Å². The highest BCUT2D eigenvalue weighted by Gasteiger charge is 2.52. The Morgan fingerprint density at radius 1 is 0.971 bits per heavy atom. The lowest BCUT2D eigenvalue weighted by atomic mass is 9.61. The minimum Gasteiger partial charge on any atom is -0.403 e. The summed E-state index contributed by atoms with van der Waals surface area (Å²) >= 11 is 0. The van der Waals surface area contributed by atoms with Crippen LogP contribution in [-0.2, 0) is 14.1 Å².